The summed E-state index contributed by atoms with van der Waals surface area (Å²) in [6.07, 6.45) is 4.84. The Bertz CT molecular complexity index is 1570. The summed E-state index contributed by atoms with van der Waals surface area (Å²) in [5, 5.41) is 15.2. The standard InChI is InChI=1S/C30H32ClFN6O5S/c1-43-28(41)23-22(34-25(26-33-4-7-44-26)35-24(23)20-3-2-17(32)8-21(20)31)15-36-5-6-37-19(13-36)14-38(29(37)42)18-11-30(12-18)9-16(10-30)27(39)40/h2-4,7-8,16,18-19,24H,5-6,9-15H2,1H3,(H,34,35)(H,39,40)/t16?,18?,19-,24-,30?/m0/s1. The molecule has 0 unspecified atom stereocenters. The van der Waals surface area contributed by atoms with Gasteiger partial charge in [-0.15, -0.1) is 11.3 Å². The first-order valence-corrected chi connectivity index (χ1v) is 15.9. The van der Waals surface area contributed by atoms with Crippen LogP contribution in [0.15, 0.2) is 46.0 Å². The Morgan fingerprint density at radius 2 is 1.98 bits per heavy atom. The van der Waals surface area contributed by atoms with E-state index in [4.69, 9.17) is 21.3 Å². The molecular weight excluding hydrogens is 611 g/mol. The summed E-state index contributed by atoms with van der Waals surface area (Å²) in [6, 6.07) is 3.40. The number of benzene rings is 1. The van der Waals surface area contributed by atoms with Crippen LogP contribution in [0.4, 0.5) is 9.18 Å². The van der Waals surface area contributed by atoms with Crippen molar-refractivity contribution in [2.75, 3.05) is 39.8 Å². The number of carboxylic acid groups (broad SMARTS) is 1. The first-order chi connectivity index (χ1) is 21.1. The number of carbonyl (C=O) groups excluding carboxylic acids is 2. The SMILES string of the molecule is COC(=O)C1=C(CN2CCN3C(=O)N(C4CC5(CC(C(=O)O)C5)C4)C[C@@H]3C2)NC(c2nccs2)=N[C@H]1c1ccc(F)cc1Cl. The van der Waals surface area contributed by atoms with Crippen molar-refractivity contribution in [2.24, 2.45) is 16.3 Å². The number of ether oxygens (including phenoxy) is 1. The van der Waals surface area contributed by atoms with Crippen molar-refractivity contribution in [3.8, 4) is 0 Å². The van der Waals surface area contributed by atoms with E-state index in [1.165, 1.54) is 36.6 Å². The third kappa shape index (κ3) is 5.04. The molecule has 2 atom stereocenters. The molecule has 2 saturated heterocycles. The van der Waals surface area contributed by atoms with E-state index in [2.05, 4.69) is 15.2 Å². The van der Waals surface area contributed by atoms with Crippen molar-refractivity contribution in [3.63, 3.8) is 0 Å². The number of hydrogen-bond acceptors (Lipinski definition) is 9. The van der Waals surface area contributed by atoms with Gasteiger partial charge in [-0.3, -0.25) is 14.7 Å². The number of hydrogen-bond donors (Lipinski definition) is 2. The van der Waals surface area contributed by atoms with E-state index in [0.717, 1.165) is 12.8 Å². The number of nitrogens with zero attached hydrogens (tertiary/aromatic N) is 5. The van der Waals surface area contributed by atoms with E-state index in [-0.39, 0.29) is 40.0 Å². The molecule has 14 heteroatoms. The molecule has 2 N–H and O–H groups in total. The number of carboxylic acids is 1. The van der Waals surface area contributed by atoms with Gasteiger partial charge in [-0.25, -0.2) is 19.0 Å². The van der Waals surface area contributed by atoms with Gasteiger partial charge < -0.3 is 25.0 Å². The number of rotatable bonds is 7. The molecule has 2 aliphatic carbocycles. The number of amidine groups is 1. The Kier molecular flexibility index (Phi) is 7.37. The van der Waals surface area contributed by atoms with E-state index in [1.54, 1.807) is 6.20 Å². The van der Waals surface area contributed by atoms with Crippen molar-refractivity contribution in [1.29, 1.82) is 0 Å². The number of halogens is 2. The van der Waals surface area contributed by atoms with Crippen LogP contribution >= 0.6 is 22.9 Å². The Hall–Kier alpha value is -3.55. The summed E-state index contributed by atoms with van der Waals surface area (Å²) in [4.78, 5) is 53.2. The summed E-state index contributed by atoms with van der Waals surface area (Å²) < 4.78 is 19.2. The van der Waals surface area contributed by atoms with Crippen molar-refractivity contribution in [1.82, 2.24) is 25.0 Å². The van der Waals surface area contributed by atoms with Crippen LogP contribution in [0.2, 0.25) is 5.02 Å². The molecule has 1 aromatic carbocycles. The predicted molar refractivity (Wildman–Crippen MR) is 160 cm³/mol. The zero-order chi connectivity index (χ0) is 30.7. The highest BCUT2D eigenvalue weighted by Crippen LogP contribution is 2.60. The molecule has 7 rings (SSSR count). The Morgan fingerprint density at radius 1 is 1.18 bits per heavy atom. The third-order valence-corrected chi connectivity index (χ3v) is 10.9. The zero-order valence-electron chi connectivity index (χ0n) is 24.0. The van der Waals surface area contributed by atoms with Gasteiger partial charge in [0.2, 0.25) is 0 Å². The Balaban J connectivity index is 1.10. The monoisotopic (exact) mass is 642 g/mol. The molecule has 5 aliphatic rings. The molecular formula is C30H32ClFN6O5S. The van der Waals surface area contributed by atoms with Gasteiger partial charge in [0.15, 0.2) is 10.8 Å². The van der Waals surface area contributed by atoms with Gasteiger partial charge in [-0.1, -0.05) is 17.7 Å². The summed E-state index contributed by atoms with van der Waals surface area (Å²) in [7, 11) is 1.31. The van der Waals surface area contributed by atoms with Gasteiger partial charge in [0.05, 0.1) is 24.6 Å². The van der Waals surface area contributed by atoms with E-state index in [9.17, 15) is 23.9 Å². The van der Waals surface area contributed by atoms with Crippen LogP contribution in [0.25, 0.3) is 0 Å². The lowest BCUT2D eigenvalue weighted by Gasteiger charge is -2.58. The van der Waals surface area contributed by atoms with Gasteiger partial charge in [0.25, 0.3) is 0 Å². The molecule has 44 heavy (non-hydrogen) atoms. The number of fused-ring (bicyclic) bond motifs is 1. The van der Waals surface area contributed by atoms with Crippen LogP contribution in [0.1, 0.15) is 42.3 Å². The highest BCUT2D eigenvalue weighted by Gasteiger charge is 2.58. The molecule has 0 bridgehead atoms. The minimum Gasteiger partial charge on any atom is -0.481 e. The second-order valence-corrected chi connectivity index (χ2v) is 13.7. The summed E-state index contributed by atoms with van der Waals surface area (Å²) >= 11 is 7.87. The molecule has 1 aromatic heterocycles. The number of nitrogens with one attached hydrogen (secondary N) is 1. The molecule has 4 fully saturated rings. The van der Waals surface area contributed by atoms with E-state index < -0.39 is 23.8 Å². The minimum absolute atomic E-state index is 0.00108. The maximum Gasteiger partial charge on any atom is 0.338 e. The molecule has 11 nitrogen and oxygen atoms in total. The van der Waals surface area contributed by atoms with Crippen LogP contribution in [0, 0.1) is 17.2 Å². The van der Waals surface area contributed by atoms with Crippen molar-refractivity contribution >= 4 is 46.7 Å². The second-order valence-electron chi connectivity index (χ2n) is 12.4. The molecule has 0 radical (unpaired) electrons. The number of urea groups is 1. The highest BCUT2D eigenvalue weighted by molar-refractivity contribution is 7.11. The van der Waals surface area contributed by atoms with Gasteiger partial charge in [0, 0.05) is 66.6 Å². The maximum atomic E-state index is 14.0. The second kappa shape index (κ2) is 11.1. The third-order valence-electron chi connectivity index (χ3n) is 9.76. The quantitative estimate of drug-likeness (QED) is 0.440. The zero-order valence-corrected chi connectivity index (χ0v) is 25.6. The van der Waals surface area contributed by atoms with E-state index in [0.29, 0.717) is 67.7 Å². The molecule has 4 heterocycles. The lowest BCUT2D eigenvalue weighted by Crippen LogP contribution is -2.58. The summed E-state index contributed by atoms with van der Waals surface area (Å²) in [5.41, 5.74) is 1.44. The Morgan fingerprint density at radius 3 is 2.66 bits per heavy atom. The van der Waals surface area contributed by atoms with Crippen molar-refractivity contribution < 1.29 is 28.6 Å². The van der Waals surface area contributed by atoms with Crippen LogP contribution in [-0.4, -0.2) is 101 Å². The number of aromatic nitrogens is 1. The largest absolute Gasteiger partial charge is 0.481 e. The number of methoxy groups -OCH3 is 1. The number of aliphatic carboxylic acids is 1. The normalized spacial score (nSPS) is 30.0. The fourth-order valence-corrected chi connectivity index (χ4v) is 8.45. The molecule has 1 spiro atoms. The maximum absolute atomic E-state index is 14.0. The van der Waals surface area contributed by atoms with Crippen LogP contribution in [0.5, 0.6) is 0 Å². The molecule has 2 amide bonds. The first-order valence-electron chi connectivity index (χ1n) is 14.7. The van der Waals surface area contributed by atoms with Crippen LogP contribution < -0.4 is 5.32 Å². The van der Waals surface area contributed by atoms with E-state index >= 15 is 0 Å². The average Bonchev–Trinajstić information content (AvgIpc) is 3.59. The Labute approximate surface area is 262 Å². The number of aliphatic imine (C=N–C) groups is 1. The molecule has 2 aromatic rings. The van der Waals surface area contributed by atoms with Crippen molar-refractivity contribution in [2.45, 2.75) is 43.8 Å². The number of esters is 1. The predicted octanol–water partition coefficient (Wildman–Crippen LogP) is 3.52. The fourth-order valence-electron chi connectivity index (χ4n) is 7.59. The summed E-state index contributed by atoms with van der Waals surface area (Å²) in [5.74, 6) is -1.55. The number of amides is 2. The number of piperazine rings is 1. The van der Waals surface area contributed by atoms with Gasteiger partial charge in [-0.2, -0.15) is 0 Å². The highest BCUT2D eigenvalue weighted by atomic mass is 35.5. The molecule has 2 saturated carbocycles. The van der Waals surface area contributed by atoms with E-state index in [1.807, 2.05) is 15.2 Å². The topological polar surface area (TPSA) is 128 Å². The molecule has 3 aliphatic heterocycles. The average molecular weight is 643 g/mol. The summed E-state index contributed by atoms with van der Waals surface area (Å²) in [6.45, 7) is 2.77. The number of thiazole rings is 1. The van der Waals surface area contributed by atoms with Crippen molar-refractivity contribution in [3.05, 3.63) is 62.5 Å². The van der Waals surface area contributed by atoms with Gasteiger partial charge in [-0.05, 0) is 43.2 Å². The number of carbonyl (C=O) groups is 3. The lowest BCUT2D eigenvalue weighted by molar-refractivity contribution is -0.158. The first kappa shape index (κ1) is 29.2. The minimum atomic E-state index is -0.839. The van der Waals surface area contributed by atoms with Gasteiger partial charge in [0.1, 0.15) is 11.9 Å². The lowest BCUT2D eigenvalue weighted by atomic mass is 9.50. The van der Waals surface area contributed by atoms with Crippen LogP contribution in [0.3, 0.4) is 0 Å². The molecule has 232 valence electrons. The van der Waals surface area contributed by atoms with Crippen LogP contribution in [-0.2, 0) is 14.3 Å². The smallest absolute Gasteiger partial charge is 0.338 e. The van der Waals surface area contributed by atoms with Gasteiger partial charge >= 0.3 is 18.0 Å². The fraction of sp³-hybridized carbons (Fsp3) is 0.500.